The van der Waals surface area contributed by atoms with Gasteiger partial charge in [0.25, 0.3) is 0 Å². The highest BCUT2D eigenvalue weighted by Crippen LogP contribution is 2.19. The Kier molecular flexibility index (Phi) is 4.62. The molecule has 156 valence electrons. The van der Waals surface area contributed by atoms with Crippen LogP contribution in [-0.2, 0) is 19.5 Å². The Labute approximate surface area is 177 Å². The standard InChI is InChI=1S/C23H21FN6O/c1-15-13-16(2)29(26-15)12-11-21-25-22-18-8-4-6-10-20(18)28(23(31)30(22)27-21)14-17-7-3-5-9-19(17)24/h3-10,13H,11-12,14H2,1-2H3. The lowest BCUT2D eigenvalue weighted by atomic mass is 10.2. The van der Waals surface area contributed by atoms with Gasteiger partial charge in [0.15, 0.2) is 11.5 Å². The predicted octanol–water partition coefficient (Wildman–Crippen LogP) is 3.29. The first kappa shape index (κ1) is 19.2. The number of rotatable bonds is 5. The molecule has 0 saturated carbocycles. The maximum atomic E-state index is 14.3. The Bertz CT molecular complexity index is 1480. The molecule has 2 aromatic carbocycles. The van der Waals surface area contributed by atoms with Crippen LogP contribution >= 0.6 is 0 Å². The quantitative estimate of drug-likeness (QED) is 0.441. The molecule has 0 aliphatic heterocycles. The van der Waals surface area contributed by atoms with Gasteiger partial charge in [-0.2, -0.15) is 9.61 Å². The predicted molar refractivity (Wildman–Crippen MR) is 116 cm³/mol. The molecule has 0 aliphatic carbocycles. The van der Waals surface area contributed by atoms with E-state index in [1.165, 1.54) is 10.6 Å². The molecule has 0 N–H and O–H groups in total. The van der Waals surface area contributed by atoms with E-state index in [4.69, 9.17) is 0 Å². The highest BCUT2D eigenvalue weighted by atomic mass is 19.1. The molecule has 0 atom stereocenters. The fourth-order valence-corrected chi connectivity index (χ4v) is 3.94. The van der Waals surface area contributed by atoms with Crippen LogP contribution in [0.1, 0.15) is 22.8 Å². The fraction of sp³-hybridized carbons (Fsp3) is 0.217. The number of nitrogens with zero attached hydrogens (tertiary/aromatic N) is 6. The second-order valence-corrected chi connectivity index (χ2v) is 7.64. The first-order chi connectivity index (χ1) is 15.0. The molecule has 3 aromatic heterocycles. The SMILES string of the molecule is Cc1cc(C)n(CCc2nc3c4ccccc4n(Cc4ccccc4F)c(=O)n3n2)n1. The summed E-state index contributed by atoms with van der Waals surface area (Å²) < 4.78 is 19.0. The van der Waals surface area contributed by atoms with Crippen molar-refractivity contribution in [2.75, 3.05) is 0 Å². The van der Waals surface area contributed by atoms with Crippen molar-refractivity contribution in [1.82, 2.24) is 28.9 Å². The Hall–Kier alpha value is -3.81. The van der Waals surface area contributed by atoms with Crippen LogP contribution in [0.2, 0.25) is 0 Å². The molecular weight excluding hydrogens is 395 g/mol. The fourth-order valence-electron chi connectivity index (χ4n) is 3.94. The van der Waals surface area contributed by atoms with E-state index in [9.17, 15) is 9.18 Å². The molecule has 0 spiro atoms. The molecule has 0 radical (unpaired) electrons. The molecule has 0 unspecified atom stereocenters. The Morgan fingerprint density at radius 1 is 1.00 bits per heavy atom. The molecule has 31 heavy (non-hydrogen) atoms. The second kappa shape index (κ2) is 7.46. The topological polar surface area (TPSA) is 70.0 Å². The van der Waals surface area contributed by atoms with Gasteiger partial charge in [-0.05, 0) is 38.1 Å². The van der Waals surface area contributed by atoms with Gasteiger partial charge < -0.3 is 0 Å². The molecule has 7 nitrogen and oxygen atoms in total. The van der Waals surface area contributed by atoms with Crippen molar-refractivity contribution in [2.45, 2.75) is 33.4 Å². The summed E-state index contributed by atoms with van der Waals surface area (Å²) in [6, 6.07) is 16.0. The van der Waals surface area contributed by atoms with Gasteiger partial charge in [-0.25, -0.2) is 14.2 Å². The number of halogens is 1. The number of hydrogen-bond acceptors (Lipinski definition) is 4. The summed E-state index contributed by atoms with van der Waals surface area (Å²) in [5.74, 6) is 0.223. The number of aromatic nitrogens is 6. The molecule has 0 aliphatic rings. The summed E-state index contributed by atoms with van der Waals surface area (Å²) in [5, 5.41) is 9.74. The highest BCUT2D eigenvalue weighted by Gasteiger charge is 2.16. The molecule has 0 saturated heterocycles. The van der Waals surface area contributed by atoms with E-state index >= 15 is 0 Å². The van der Waals surface area contributed by atoms with Crippen LogP contribution < -0.4 is 5.69 Å². The van der Waals surface area contributed by atoms with E-state index in [0.29, 0.717) is 35.5 Å². The van der Waals surface area contributed by atoms with E-state index in [0.717, 1.165) is 16.8 Å². The minimum atomic E-state index is -0.346. The maximum Gasteiger partial charge on any atom is 0.351 e. The van der Waals surface area contributed by atoms with Gasteiger partial charge in [0.05, 0.1) is 17.8 Å². The molecule has 0 amide bonds. The van der Waals surface area contributed by atoms with Crippen LogP contribution in [0.25, 0.3) is 16.6 Å². The summed E-state index contributed by atoms with van der Waals surface area (Å²) >= 11 is 0. The average Bonchev–Trinajstić information content (AvgIpc) is 3.33. The van der Waals surface area contributed by atoms with E-state index in [1.807, 2.05) is 48.9 Å². The highest BCUT2D eigenvalue weighted by molar-refractivity contribution is 5.91. The van der Waals surface area contributed by atoms with Crippen molar-refractivity contribution in [3.8, 4) is 0 Å². The van der Waals surface area contributed by atoms with Crippen LogP contribution in [0.15, 0.2) is 59.4 Å². The van der Waals surface area contributed by atoms with Gasteiger partial charge in [0.2, 0.25) is 0 Å². The Morgan fingerprint density at radius 2 is 1.77 bits per heavy atom. The molecule has 3 heterocycles. The summed E-state index contributed by atoms with van der Waals surface area (Å²) in [6.45, 7) is 4.70. The smallest absolute Gasteiger partial charge is 0.287 e. The van der Waals surface area contributed by atoms with Gasteiger partial charge in [-0.15, -0.1) is 5.10 Å². The normalized spacial score (nSPS) is 11.6. The van der Waals surface area contributed by atoms with Crippen molar-refractivity contribution in [3.63, 3.8) is 0 Å². The second-order valence-electron chi connectivity index (χ2n) is 7.64. The summed E-state index contributed by atoms with van der Waals surface area (Å²) in [4.78, 5) is 17.9. The van der Waals surface area contributed by atoms with E-state index in [-0.39, 0.29) is 18.1 Å². The van der Waals surface area contributed by atoms with E-state index < -0.39 is 0 Å². The Morgan fingerprint density at radius 3 is 2.55 bits per heavy atom. The average molecular weight is 416 g/mol. The number of para-hydroxylation sites is 1. The lowest BCUT2D eigenvalue weighted by molar-refractivity contribution is 0.578. The number of hydrogen-bond donors (Lipinski definition) is 0. The zero-order valence-corrected chi connectivity index (χ0v) is 17.3. The van der Waals surface area contributed by atoms with Gasteiger partial charge in [-0.3, -0.25) is 9.25 Å². The van der Waals surface area contributed by atoms with Crippen LogP contribution in [0.3, 0.4) is 0 Å². The van der Waals surface area contributed by atoms with Crippen LogP contribution in [0.4, 0.5) is 4.39 Å². The van der Waals surface area contributed by atoms with Gasteiger partial charge in [-0.1, -0.05) is 30.3 Å². The van der Waals surface area contributed by atoms with Crippen molar-refractivity contribution in [2.24, 2.45) is 0 Å². The van der Waals surface area contributed by atoms with E-state index in [2.05, 4.69) is 15.2 Å². The third-order valence-corrected chi connectivity index (χ3v) is 5.44. The van der Waals surface area contributed by atoms with Gasteiger partial charge >= 0.3 is 5.69 Å². The van der Waals surface area contributed by atoms with Crippen molar-refractivity contribution < 1.29 is 4.39 Å². The third kappa shape index (κ3) is 3.39. The maximum absolute atomic E-state index is 14.3. The molecular formula is C23H21FN6O. The van der Waals surface area contributed by atoms with Gasteiger partial charge in [0.1, 0.15) is 5.82 Å². The summed E-state index contributed by atoms with van der Waals surface area (Å²) in [5.41, 5.74) is 3.33. The minimum Gasteiger partial charge on any atom is -0.287 e. The van der Waals surface area contributed by atoms with Crippen LogP contribution in [-0.4, -0.2) is 28.9 Å². The number of fused-ring (bicyclic) bond motifs is 3. The zero-order valence-electron chi connectivity index (χ0n) is 17.3. The van der Waals surface area contributed by atoms with Crippen molar-refractivity contribution in [1.29, 1.82) is 0 Å². The number of benzene rings is 2. The van der Waals surface area contributed by atoms with Crippen molar-refractivity contribution in [3.05, 3.63) is 93.7 Å². The third-order valence-electron chi connectivity index (χ3n) is 5.44. The van der Waals surface area contributed by atoms with Crippen LogP contribution in [0.5, 0.6) is 0 Å². The molecule has 5 aromatic rings. The minimum absolute atomic E-state index is 0.114. The lowest BCUT2D eigenvalue weighted by Gasteiger charge is -2.11. The first-order valence-corrected chi connectivity index (χ1v) is 10.1. The first-order valence-electron chi connectivity index (χ1n) is 10.1. The van der Waals surface area contributed by atoms with Crippen LogP contribution in [0, 0.1) is 19.7 Å². The Balaban J connectivity index is 1.60. The molecule has 5 rings (SSSR count). The molecule has 0 fully saturated rings. The molecule has 0 bridgehead atoms. The monoisotopic (exact) mass is 416 g/mol. The van der Waals surface area contributed by atoms with Crippen molar-refractivity contribution >= 4 is 16.6 Å². The largest absolute Gasteiger partial charge is 0.351 e. The lowest BCUT2D eigenvalue weighted by Crippen LogP contribution is -2.28. The summed E-state index contributed by atoms with van der Waals surface area (Å²) in [6.07, 6.45) is 0.546. The molecule has 8 heteroatoms. The van der Waals surface area contributed by atoms with Gasteiger partial charge in [0, 0.05) is 29.6 Å². The number of aryl methyl sites for hydroxylation is 4. The van der Waals surface area contributed by atoms with E-state index in [1.54, 1.807) is 22.8 Å². The summed E-state index contributed by atoms with van der Waals surface area (Å²) in [7, 11) is 0. The zero-order chi connectivity index (χ0) is 21.5.